The molecule has 0 radical (unpaired) electrons. The van der Waals surface area contributed by atoms with Gasteiger partial charge in [0.15, 0.2) is 17.6 Å². The number of methoxy groups -OCH3 is 2. The zero-order chi connectivity index (χ0) is 17.5. The lowest BCUT2D eigenvalue weighted by Gasteiger charge is -2.14. The van der Waals surface area contributed by atoms with Crippen molar-refractivity contribution < 1.29 is 28.2 Å². The smallest absolute Gasteiger partial charge is 0.339 e. The van der Waals surface area contributed by atoms with Gasteiger partial charge in [0.2, 0.25) is 0 Å². The molecule has 0 fully saturated rings. The van der Waals surface area contributed by atoms with E-state index < -0.39 is 18.0 Å². The van der Waals surface area contributed by atoms with Crippen LogP contribution in [0.2, 0.25) is 0 Å². The minimum absolute atomic E-state index is 0.226. The Morgan fingerprint density at radius 1 is 1.17 bits per heavy atom. The quantitative estimate of drug-likeness (QED) is 0.781. The molecule has 0 aliphatic heterocycles. The predicted octanol–water partition coefficient (Wildman–Crippen LogP) is 2.16. The number of hydrogen-bond acceptors (Lipinski definition) is 6. The molecule has 24 heavy (non-hydrogen) atoms. The molecule has 2 aromatic rings. The fourth-order valence-corrected chi connectivity index (χ4v) is 1.98. The summed E-state index contributed by atoms with van der Waals surface area (Å²) < 4.78 is 20.5. The summed E-state index contributed by atoms with van der Waals surface area (Å²) in [6.07, 6.45) is 0.572. The zero-order valence-corrected chi connectivity index (χ0v) is 13.7. The molecule has 1 atom stereocenters. The van der Waals surface area contributed by atoms with E-state index in [9.17, 15) is 9.59 Å². The first kappa shape index (κ1) is 17.4. The lowest BCUT2D eigenvalue weighted by atomic mass is 10.2. The molecular formula is C17H19NO6. The summed E-state index contributed by atoms with van der Waals surface area (Å²) >= 11 is 0. The van der Waals surface area contributed by atoms with Crippen LogP contribution in [-0.2, 0) is 16.1 Å². The lowest BCUT2D eigenvalue weighted by molar-refractivity contribution is -0.129. The molecule has 128 valence electrons. The van der Waals surface area contributed by atoms with E-state index in [-0.39, 0.29) is 12.1 Å². The number of carbonyl (C=O) groups excluding carboxylic acids is 2. The number of hydrogen-bond donors (Lipinski definition) is 1. The van der Waals surface area contributed by atoms with Crippen molar-refractivity contribution in [2.75, 3.05) is 14.2 Å². The largest absolute Gasteiger partial charge is 0.493 e. The van der Waals surface area contributed by atoms with Gasteiger partial charge in [-0.1, -0.05) is 0 Å². The van der Waals surface area contributed by atoms with Crippen LogP contribution in [0.5, 0.6) is 11.5 Å². The predicted molar refractivity (Wildman–Crippen MR) is 85.0 cm³/mol. The second-order valence-electron chi connectivity index (χ2n) is 4.91. The average Bonchev–Trinajstić information content (AvgIpc) is 3.12. The molecule has 7 nitrogen and oxygen atoms in total. The molecule has 0 aliphatic rings. The second-order valence-corrected chi connectivity index (χ2v) is 4.91. The van der Waals surface area contributed by atoms with Crippen LogP contribution in [-0.4, -0.2) is 32.2 Å². The van der Waals surface area contributed by atoms with Gasteiger partial charge in [0.1, 0.15) is 5.76 Å². The van der Waals surface area contributed by atoms with E-state index in [4.69, 9.17) is 18.6 Å². The van der Waals surface area contributed by atoms with Crippen molar-refractivity contribution in [3.05, 3.63) is 47.9 Å². The molecule has 7 heteroatoms. The molecular weight excluding hydrogens is 314 g/mol. The number of esters is 1. The third-order valence-corrected chi connectivity index (χ3v) is 3.29. The maximum atomic E-state index is 12.1. The van der Waals surface area contributed by atoms with Crippen molar-refractivity contribution in [1.82, 2.24) is 5.32 Å². The Morgan fingerprint density at radius 3 is 2.54 bits per heavy atom. The Balaban J connectivity index is 1.94. The highest BCUT2D eigenvalue weighted by atomic mass is 16.5. The molecule has 0 aliphatic carbocycles. The van der Waals surface area contributed by atoms with Gasteiger partial charge in [-0.15, -0.1) is 0 Å². The molecule has 0 spiro atoms. The van der Waals surface area contributed by atoms with Gasteiger partial charge < -0.3 is 23.9 Å². The van der Waals surface area contributed by atoms with Gasteiger partial charge in [0.25, 0.3) is 5.91 Å². The maximum absolute atomic E-state index is 12.1. The number of nitrogens with one attached hydrogen (secondary N) is 1. The number of furan rings is 1. The summed E-state index contributed by atoms with van der Waals surface area (Å²) in [4.78, 5) is 24.1. The van der Waals surface area contributed by atoms with Crippen LogP contribution in [0, 0.1) is 0 Å². The monoisotopic (exact) mass is 333 g/mol. The van der Waals surface area contributed by atoms with Crippen LogP contribution in [0.25, 0.3) is 0 Å². The minimum atomic E-state index is -0.944. The molecule has 2 rings (SSSR count). The first-order valence-electron chi connectivity index (χ1n) is 7.28. The number of amides is 1. The van der Waals surface area contributed by atoms with Gasteiger partial charge in [0.05, 0.1) is 32.6 Å². The summed E-state index contributed by atoms with van der Waals surface area (Å²) in [6, 6.07) is 8.09. The SMILES string of the molecule is COc1ccc(C(=O)O[C@H](C)C(=O)NCc2ccco2)cc1OC. The van der Waals surface area contributed by atoms with E-state index in [0.29, 0.717) is 17.3 Å². The van der Waals surface area contributed by atoms with Gasteiger partial charge in [-0.05, 0) is 37.3 Å². The topological polar surface area (TPSA) is 87.0 Å². The maximum Gasteiger partial charge on any atom is 0.339 e. The van der Waals surface area contributed by atoms with Crippen molar-refractivity contribution in [3.63, 3.8) is 0 Å². The second kappa shape index (κ2) is 8.05. The van der Waals surface area contributed by atoms with Crippen LogP contribution < -0.4 is 14.8 Å². The van der Waals surface area contributed by atoms with Crippen LogP contribution in [0.1, 0.15) is 23.0 Å². The highest BCUT2D eigenvalue weighted by Crippen LogP contribution is 2.27. The van der Waals surface area contributed by atoms with Crippen molar-refractivity contribution in [2.24, 2.45) is 0 Å². The number of rotatable bonds is 7. The number of carbonyl (C=O) groups is 2. The molecule has 0 saturated heterocycles. The van der Waals surface area contributed by atoms with Crippen molar-refractivity contribution in [1.29, 1.82) is 0 Å². The van der Waals surface area contributed by atoms with Crippen LogP contribution >= 0.6 is 0 Å². The van der Waals surface area contributed by atoms with Gasteiger partial charge in [-0.25, -0.2) is 4.79 Å². The fraction of sp³-hybridized carbons (Fsp3) is 0.294. The standard InChI is InChI=1S/C17H19NO6/c1-11(16(19)18-10-13-5-4-8-23-13)24-17(20)12-6-7-14(21-2)15(9-12)22-3/h4-9,11H,10H2,1-3H3,(H,18,19)/t11-/m1/s1. The summed E-state index contributed by atoms with van der Waals surface area (Å²) in [5.41, 5.74) is 0.262. The van der Waals surface area contributed by atoms with E-state index in [2.05, 4.69) is 5.32 Å². The van der Waals surface area contributed by atoms with E-state index in [1.165, 1.54) is 39.5 Å². The zero-order valence-electron chi connectivity index (χ0n) is 13.7. The Bertz CT molecular complexity index is 695. The Kier molecular flexibility index (Phi) is 5.83. The number of benzene rings is 1. The molecule has 1 aromatic heterocycles. The van der Waals surface area contributed by atoms with Crippen molar-refractivity contribution in [3.8, 4) is 11.5 Å². The third-order valence-electron chi connectivity index (χ3n) is 3.29. The van der Waals surface area contributed by atoms with E-state index >= 15 is 0 Å². The Hall–Kier alpha value is -2.96. The van der Waals surface area contributed by atoms with E-state index in [0.717, 1.165) is 0 Å². The average molecular weight is 333 g/mol. The molecule has 1 amide bonds. The molecule has 0 saturated carbocycles. The molecule has 0 unspecified atom stereocenters. The normalized spacial score (nSPS) is 11.5. The first-order chi connectivity index (χ1) is 11.5. The van der Waals surface area contributed by atoms with Crippen molar-refractivity contribution >= 4 is 11.9 Å². The van der Waals surface area contributed by atoms with Gasteiger partial charge in [-0.2, -0.15) is 0 Å². The lowest BCUT2D eigenvalue weighted by Crippen LogP contribution is -2.35. The van der Waals surface area contributed by atoms with Gasteiger partial charge >= 0.3 is 5.97 Å². The van der Waals surface area contributed by atoms with Crippen LogP contribution in [0.4, 0.5) is 0 Å². The summed E-state index contributed by atoms with van der Waals surface area (Å²) in [7, 11) is 2.97. The molecule has 1 heterocycles. The third kappa shape index (κ3) is 4.28. The summed E-state index contributed by atoms with van der Waals surface area (Å²) in [5.74, 6) is 0.471. The minimum Gasteiger partial charge on any atom is -0.493 e. The van der Waals surface area contributed by atoms with Crippen LogP contribution in [0.3, 0.4) is 0 Å². The molecule has 1 aromatic carbocycles. The molecule has 0 bridgehead atoms. The van der Waals surface area contributed by atoms with E-state index in [1.807, 2.05) is 0 Å². The highest BCUT2D eigenvalue weighted by molar-refractivity contribution is 5.92. The van der Waals surface area contributed by atoms with Gasteiger partial charge in [0, 0.05) is 0 Å². The van der Waals surface area contributed by atoms with E-state index in [1.54, 1.807) is 18.2 Å². The fourth-order valence-electron chi connectivity index (χ4n) is 1.98. The van der Waals surface area contributed by atoms with Crippen LogP contribution in [0.15, 0.2) is 41.0 Å². The highest BCUT2D eigenvalue weighted by Gasteiger charge is 2.20. The number of ether oxygens (including phenoxy) is 3. The Morgan fingerprint density at radius 2 is 1.92 bits per heavy atom. The first-order valence-corrected chi connectivity index (χ1v) is 7.28. The summed E-state index contributed by atoms with van der Waals surface area (Å²) in [5, 5.41) is 2.63. The van der Waals surface area contributed by atoms with Crippen molar-refractivity contribution in [2.45, 2.75) is 19.6 Å². The molecule has 1 N–H and O–H groups in total. The summed E-state index contributed by atoms with van der Waals surface area (Å²) in [6.45, 7) is 1.72. The Labute approximate surface area is 139 Å². The van der Waals surface area contributed by atoms with Gasteiger partial charge in [-0.3, -0.25) is 4.79 Å².